The molecule has 1 aromatic carbocycles. The second-order valence-electron chi connectivity index (χ2n) is 4.69. The summed E-state index contributed by atoms with van der Waals surface area (Å²) < 4.78 is 41.4. The standard InChI is InChI=1S/C12H15BrF3N3O3/c1-18(2)4-3-17-9-6-11(22-7-12(14,15)16)8(13)5-10(9)19(20)21/h5-6,17H,3-4,7H2,1-2H3. The summed E-state index contributed by atoms with van der Waals surface area (Å²) in [4.78, 5) is 12.3. The van der Waals surface area contributed by atoms with Crippen LogP contribution in [0.15, 0.2) is 16.6 Å². The van der Waals surface area contributed by atoms with Crippen molar-refractivity contribution in [3.05, 3.63) is 26.7 Å². The predicted molar refractivity (Wildman–Crippen MR) is 79.4 cm³/mol. The van der Waals surface area contributed by atoms with Crippen molar-refractivity contribution in [2.24, 2.45) is 0 Å². The number of benzene rings is 1. The molecule has 0 saturated carbocycles. The zero-order valence-electron chi connectivity index (χ0n) is 11.9. The van der Waals surface area contributed by atoms with Crippen molar-refractivity contribution in [3.63, 3.8) is 0 Å². The Bertz CT molecular complexity index is 538. The molecule has 10 heteroatoms. The van der Waals surface area contributed by atoms with Crippen LogP contribution in [0.25, 0.3) is 0 Å². The van der Waals surface area contributed by atoms with Gasteiger partial charge in [-0.3, -0.25) is 10.1 Å². The molecule has 0 unspecified atom stereocenters. The van der Waals surface area contributed by atoms with E-state index in [1.807, 2.05) is 19.0 Å². The smallest absolute Gasteiger partial charge is 0.422 e. The third-order valence-electron chi connectivity index (χ3n) is 2.51. The summed E-state index contributed by atoms with van der Waals surface area (Å²) in [6.07, 6.45) is -4.49. The van der Waals surface area contributed by atoms with Crippen LogP contribution in [0.3, 0.4) is 0 Å². The Balaban J connectivity index is 2.97. The molecule has 1 aromatic rings. The molecule has 0 heterocycles. The Morgan fingerprint density at radius 3 is 2.55 bits per heavy atom. The van der Waals surface area contributed by atoms with Gasteiger partial charge >= 0.3 is 6.18 Å². The number of alkyl halides is 3. The number of rotatable bonds is 7. The fraction of sp³-hybridized carbons (Fsp3) is 0.500. The van der Waals surface area contributed by atoms with Gasteiger partial charge in [0.15, 0.2) is 6.61 Å². The van der Waals surface area contributed by atoms with E-state index in [0.29, 0.717) is 13.1 Å². The number of halogens is 4. The van der Waals surface area contributed by atoms with E-state index >= 15 is 0 Å². The second kappa shape index (κ2) is 7.63. The molecule has 6 nitrogen and oxygen atoms in total. The van der Waals surface area contributed by atoms with Crippen LogP contribution in [0.1, 0.15) is 0 Å². The molecule has 0 spiro atoms. The van der Waals surface area contributed by atoms with Crippen LogP contribution >= 0.6 is 15.9 Å². The van der Waals surface area contributed by atoms with Gasteiger partial charge in [0.2, 0.25) is 0 Å². The van der Waals surface area contributed by atoms with E-state index in [2.05, 4.69) is 26.0 Å². The van der Waals surface area contributed by atoms with Crippen molar-refractivity contribution in [3.8, 4) is 5.75 Å². The number of hydrogen-bond donors (Lipinski definition) is 1. The van der Waals surface area contributed by atoms with E-state index in [4.69, 9.17) is 0 Å². The first-order valence-electron chi connectivity index (χ1n) is 6.16. The predicted octanol–water partition coefficient (Wildman–Crippen LogP) is 3.27. The molecule has 124 valence electrons. The number of nitrogens with one attached hydrogen (secondary N) is 1. The first-order chi connectivity index (χ1) is 10.1. The maximum Gasteiger partial charge on any atom is 0.422 e. The van der Waals surface area contributed by atoms with Crippen LogP contribution < -0.4 is 10.1 Å². The molecule has 0 aliphatic heterocycles. The molecular weight excluding hydrogens is 371 g/mol. The maximum absolute atomic E-state index is 12.2. The number of nitro groups is 1. The Kier molecular flexibility index (Phi) is 6.42. The molecule has 22 heavy (non-hydrogen) atoms. The molecule has 0 saturated heterocycles. The fourth-order valence-corrected chi connectivity index (χ4v) is 1.97. The number of likely N-dealkylation sites (N-methyl/N-ethyl adjacent to an activating group) is 1. The minimum absolute atomic E-state index is 0.0848. The minimum Gasteiger partial charge on any atom is -0.483 e. The quantitative estimate of drug-likeness (QED) is 0.576. The largest absolute Gasteiger partial charge is 0.483 e. The van der Waals surface area contributed by atoms with Gasteiger partial charge in [-0.1, -0.05) is 0 Å². The van der Waals surface area contributed by atoms with Gasteiger partial charge in [0, 0.05) is 25.2 Å². The number of hydrogen-bond acceptors (Lipinski definition) is 5. The highest BCUT2D eigenvalue weighted by molar-refractivity contribution is 9.10. The van der Waals surface area contributed by atoms with Crippen molar-refractivity contribution in [2.45, 2.75) is 6.18 Å². The SMILES string of the molecule is CN(C)CCNc1cc(OCC(F)(F)F)c(Br)cc1[N+](=O)[O-]. The van der Waals surface area contributed by atoms with Gasteiger partial charge in [0.1, 0.15) is 11.4 Å². The van der Waals surface area contributed by atoms with E-state index in [1.54, 1.807) is 0 Å². The van der Waals surface area contributed by atoms with Gasteiger partial charge in [-0.2, -0.15) is 13.2 Å². The highest BCUT2D eigenvalue weighted by Crippen LogP contribution is 2.36. The summed E-state index contributed by atoms with van der Waals surface area (Å²) in [6, 6.07) is 2.30. The number of nitro benzene ring substituents is 1. The second-order valence-corrected chi connectivity index (χ2v) is 5.55. The molecule has 0 aromatic heterocycles. The molecule has 0 atom stereocenters. The van der Waals surface area contributed by atoms with Crippen LogP contribution in [-0.2, 0) is 0 Å². The van der Waals surface area contributed by atoms with E-state index in [1.165, 1.54) is 6.07 Å². The molecule has 0 aliphatic rings. The lowest BCUT2D eigenvalue weighted by molar-refractivity contribution is -0.384. The lowest BCUT2D eigenvalue weighted by Crippen LogP contribution is -2.21. The van der Waals surface area contributed by atoms with Gasteiger partial charge in [0.25, 0.3) is 5.69 Å². The summed E-state index contributed by atoms with van der Waals surface area (Å²) in [7, 11) is 3.66. The fourth-order valence-electron chi connectivity index (χ4n) is 1.52. The molecule has 1 N–H and O–H groups in total. The maximum atomic E-state index is 12.2. The minimum atomic E-state index is -4.49. The highest BCUT2D eigenvalue weighted by atomic mass is 79.9. The average molecular weight is 386 g/mol. The Labute approximate surface area is 133 Å². The third kappa shape index (κ3) is 6.06. The van der Waals surface area contributed by atoms with E-state index in [0.717, 1.165) is 6.07 Å². The average Bonchev–Trinajstić information content (AvgIpc) is 2.36. The van der Waals surface area contributed by atoms with Crippen molar-refractivity contribution in [1.82, 2.24) is 4.90 Å². The lowest BCUT2D eigenvalue weighted by Gasteiger charge is -2.14. The highest BCUT2D eigenvalue weighted by Gasteiger charge is 2.29. The number of ether oxygens (including phenoxy) is 1. The van der Waals surface area contributed by atoms with E-state index < -0.39 is 17.7 Å². The summed E-state index contributed by atoms with van der Waals surface area (Å²) in [6.45, 7) is -0.472. The molecule has 1 rings (SSSR count). The van der Waals surface area contributed by atoms with E-state index in [9.17, 15) is 23.3 Å². The van der Waals surface area contributed by atoms with Crippen molar-refractivity contribution >= 4 is 27.3 Å². The Morgan fingerprint density at radius 2 is 2.05 bits per heavy atom. The Hall–Kier alpha value is -1.55. The summed E-state index contributed by atoms with van der Waals surface area (Å²) >= 11 is 2.98. The van der Waals surface area contributed by atoms with Crippen molar-refractivity contribution in [1.29, 1.82) is 0 Å². The van der Waals surface area contributed by atoms with Gasteiger partial charge < -0.3 is 15.0 Å². The normalized spacial score (nSPS) is 11.6. The zero-order chi connectivity index (χ0) is 16.9. The van der Waals surface area contributed by atoms with Crippen LogP contribution in [-0.4, -0.2) is 49.8 Å². The lowest BCUT2D eigenvalue weighted by atomic mass is 10.2. The van der Waals surface area contributed by atoms with Crippen LogP contribution in [0.2, 0.25) is 0 Å². The Morgan fingerprint density at radius 1 is 1.41 bits per heavy atom. The molecule has 0 amide bonds. The molecule has 0 bridgehead atoms. The third-order valence-corrected chi connectivity index (χ3v) is 3.13. The summed E-state index contributed by atoms with van der Waals surface area (Å²) in [5.41, 5.74) is -0.141. The van der Waals surface area contributed by atoms with Crippen molar-refractivity contribution < 1.29 is 22.8 Å². The summed E-state index contributed by atoms with van der Waals surface area (Å²) in [5.74, 6) is -0.115. The van der Waals surface area contributed by atoms with Gasteiger partial charge in [-0.05, 0) is 30.0 Å². The van der Waals surface area contributed by atoms with E-state index in [-0.39, 0.29) is 21.6 Å². The molecule has 0 radical (unpaired) electrons. The van der Waals surface area contributed by atoms with Crippen LogP contribution in [0.4, 0.5) is 24.5 Å². The zero-order valence-corrected chi connectivity index (χ0v) is 13.5. The monoisotopic (exact) mass is 385 g/mol. The first kappa shape index (κ1) is 18.5. The molecule has 0 aliphatic carbocycles. The number of nitrogens with zero attached hydrogens (tertiary/aromatic N) is 2. The topological polar surface area (TPSA) is 67.6 Å². The molecular formula is C12H15BrF3N3O3. The van der Waals surface area contributed by atoms with Gasteiger partial charge in [0.05, 0.1) is 9.40 Å². The molecule has 0 fully saturated rings. The van der Waals surface area contributed by atoms with Gasteiger partial charge in [-0.25, -0.2) is 0 Å². The summed E-state index contributed by atoms with van der Waals surface area (Å²) in [5, 5.41) is 13.8. The van der Waals surface area contributed by atoms with Crippen LogP contribution in [0.5, 0.6) is 5.75 Å². The number of anilines is 1. The first-order valence-corrected chi connectivity index (χ1v) is 6.95. The van der Waals surface area contributed by atoms with Gasteiger partial charge in [-0.15, -0.1) is 0 Å². The van der Waals surface area contributed by atoms with Crippen LogP contribution in [0, 0.1) is 10.1 Å². The van der Waals surface area contributed by atoms with Crippen molar-refractivity contribution in [2.75, 3.05) is 39.1 Å².